The molecular formula is C25H23N5O5S. The van der Waals surface area contributed by atoms with E-state index < -0.39 is 17.7 Å². The number of nitrogens with zero attached hydrogens (tertiary/aromatic N) is 5. The molecule has 0 radical (unpaired) electrons. The van der Waals surface area contributed by atoms with Crippen LogP contribution in [0.25, 0.3) is 11.4 Å². The number of rotatable bonds is 5. The molecule has 1 aliphatic heterocycles. The first-order chi connectivity index (χ1) is 17.3. The molecule has 3 aromatic heterocycles. The molecule has 5 rings (SSSR count). The van der Waals surface area contributed by atoms with E-state index >= 15 is 0 Å². The van der Waals surface area contributed by atoms with Crippen molar-refractivity contribution in [2.24, 2.45) is 0 Å². The van der Waals surface area contributed by atoms with Crippen molar-refractivity contribution in [3.05, 3.63) is 69.6 Å². The Morgan fingerprint density at radius 2 is 1.81 bits per heavy atom. The number of methoxy groups -OCH3 is 2. The molecule has 1 unspecified atom stereocenters. The summed E-state index contributed by atoms with van der Waals surface area (Å²) in [6, 6.07) is 7.87. The summed E-state index contributed by atoms with van der Waals surface area (Å²) in [5.41, 5.74) is 2.84. The van der Waals surface area contributed by atoms with E-state index in [0.29, 0.717) is 33.4 Å². The smallest absolute Gasteiger partial charge is 0.301 e. The maximum Gasteiger partial charge on any atom is 0.301 e. The molecule has 0 bridgehead atoms. The third-order valence-electron chi connectivity index (χ3n) is 6.20. The summed E-state index contributed by atoms with van der Waals surface area (Å²) >= 11 is 1.18. The number of ketones is 1. The SMILES string of the molecule is COc1ccc(C2C(=C(O)c3nc4c(C)cccn4c3C)C(=O)C(=O)N2c2nnc(C)s2)cc1OC. The highest BCUT2D eigenvalue weighted by atomic mass is 32.1. The number of carbonyl (C=O) groups is 2. The highest BCUT2D eigenvalue weighted by Gasteiger charge is 2.49. The lowest BCUT2D eigenvalue weighted by atomic mass is 9.96. The highest BCUT2D eigenvalue weighted by Crippen LogP contribution is 2.45. The number of carbonyl (C=O) groups excluding carboxylic acids is 2. The van der Waals surface area contributed by atoms with E-state index in [4.69, 9.17) is 9.47 Å². The normalized spacial score (nSPS) is 17.2. The summed E-state index contributed by atoms with van der Waals surface area (Å²) < 4.78 is 12.6. The van der Waals surface area contributed by atoms with Crippen molar-refractivity contribution in [2.75, 3.05) is 19.1 Å². The Morgan fingerprint density at radius 3 is 2.44 bits per heavy atom. The fourth-order valence-corrected chi connectivity index (χ4v) is 5.14. The first-order valence-electron chi connectivity index (χ1n) is 11.0. The van der Waals surface area contributed by atoms with Crippen LogP contribution in [0.2, 0.25) is 0 Å². The largest absolute Gasteiger partial charge is 0.505 e. The number of pyridine rings is 1. The molecule has 1 saturated heterocycles. The average molecular weight is 506 g/mol. The average Bonchev–Trinajstić information content (AvgIpc) is 3.53. The highest BCUT2D eigenvalue weighted by molar-refractivity contribution is 7.15. The molecule has 10 nitrogen and oxygen atoms in total. The van der Waals surface area contributed by atoms with Crippen molar-refractivity contribution in [3.8, 4) is 11.5 Å². The van der Waals surface area contributed by atoms with Crippen molar-refractivity contribution in [3.63, 3.8) is 0 Å². The summed E-state index contributed by atoms with van der Waals surface area (Å²) in [6.45, 7) is 5.46. The van der Waals surface area contributed by atoms with Gasteiger partial charge in [0.25, 0.3) is 5.78 Å². The van der Waals surface area contributed by atoms with Gasteiger partial charge in [0.15, 0.2) is 17.3 Å². The summed E-state index contributed by atoms with van der Waals surface area (Å²) in [6.07, 6.45) is 1.83. The van der Waals surface area contributed by atoms with E-state index in [0.717, 1.165) is 5.56 Å². The van der Waals surface area contributed by atoms with E-state index in [2.05, 4.69) is 15.2 Å². The molecule has 4 heterocycles. The Kier molecular flexibility index (Phi) is 5.71. The van der Waals surface area contributed by atoms with Gasteiger partial charge in [-0.3, -0.25) is 14.5 Å². The van der Waals surface area contributed by atoms with Gasteiger partial charge in [0.2, 0.25) is 5.13 Å². The standard InChI is InChI=1S/C25H23N5O5S/c1-12-7-6-10-29-13(2)19(26-23(12)29)21(31)18-20(15-8-9-16(34-4)17(11-15)35-5)30(24(33)22(18)32)25-28-27-14(3)36-25/h6-11,20,31H,1-5H3. The Bertz CT molecular complexity index is 1570. The number of aliphatic hydroxyl groups is 1. The second kappa shape index (κ2) is 8.76. The third-order valence-corrected chi connectivity index (χ3v) is 7.04. The van der Waals surface area contributed by atoms with E-state index in [1.807, 2.05) is 29.7 Å². The number of hydrogen-bond donors (Lipinski definition) is 1. The minimum Gasteiger partial charge on any atom is -0.505 e. The van der Waals surface area contributed by atoms with Crippen LogP contribution in [-0.4, -0.2) is 50.6 Å². The molecule has 1 fully saturated rings. The molecule has 184 valence electrons. The number of fused-ring (bicyclic) bond motifs is 1. The summed E-state index contributed by atoms with van der Waals surface area (Å²) in [5, 5.41) is 20.5. The van der Waals surface area contributed by atoms with Crippen molar-refractivity contribution in [2.45, 2.75) is 26.8 Å². The number of benzene rings is 1. The number of imidazole rings is 1. The molecular weight excluding hydrogens is 482 g/mol. The van der Waals surface area contributed by atoms with E-state index in [-0.39, 0.29) is 22.2 Å². The maximum atomic E-state index is 13.4. The molecule has 1 aliphatic rings. The zero-order valence-electron chi connectivity index (χ0n) is 20.3. The molecule has 0 spiro atoms. The van der Waals surface area contributed by atoms with Gasteiger partial charge in [0.05, 0.1) is 31.5 Å². The van der Waals surface area contributed by atoms with Crippen LogP contribution in [0.3, 0.4) is 0 Å². The number of ether oxygens (including phenoxy) is 2. The Morgan fingerprint density at radius 1 is 1.06 bits per heavy atom. The van der Waals surface area contributed by atoms with Gasteiger partial charge in [0, 0.05) is 6.20 Å². The number of Topliss-reactive ketones (excluding diaryl/α,β-unsaturated/α-hetero) is 1. The van der Waals surface area contributed by atoms with Crippen molar-refractivity contribution in [1.29, 1.82) is 0 Å². The van der Waals surface area contributed by atoms with Gasteiger partial charge in [-0.2, -0.15) is 0 Å². The van der Waals surface area contributed by atoms with E-state index in [9.17, 15) is 14.7 Å². The van der Waals surface area contributed by atoms with Gasteiger partial charge in [-0.25, -0.2) is 4.98 Å². The van der Waals surface area contributed by atoms with Crippen LogP contribution in [0, 0.1) is 20.8 Å². The zero-order valence-corrected chi connectivity index (χ0v) is 21.1. The lowest BCUT2D eigenvalue weighted by Gasteiger charge is -2.23. The minimum absolute atomic E-state index is 0.0933. The van der Waals surface area contributed by atoms with Crippen molar-refractivity contribution >= 4 is 39.6 Å². The van der Waals surface area contributed by atoms with Gasteiger partial charge >= 0.3 is 5.91 Å². The molecule has 1 aromatic carbocycles. The van der Waals surface area contributed by atoms with E-state index in [1.54, 1.807) is 32.0 Å². The number of amides is 1. The summed E-state index contributed by atoms with van der Waals surface area (Å²) in [4.78, 5) is 32.6. The fraction of sp³-hybridized carbons (Fsp3) is 0.240. The van der Waals surface area contributed by atoms with Crippen LogP contribution in [-0.2, 0) is 9.59 Å². The second-order valence-electron chi connectivity index (χ2n) is 8.32. The predicted molar refractivity (Wildman–Crippen MR) is 134 cm³/mol. The monoisotopic (exact) mass is 505 g/mol. The lowest BCUT2D eigenvalue weighted by molar-refractivity contribution is -0.132. The lowest BCUT2D eigenvalue weighted by Crippen LogP contribution is -2.29. The number of anilines is 1. The first-order valence-corrected chi connectivity index (χ1v) is 11.9. The van der Waals surface area contributed by atoms with Gasteiger partial charge < -0.3 is 19.0 Å². The van der Waals surface area contributed by atoms with Crippen LogP contribution >= 0.6 is 11.3 Å². The van der Waals surface area contributed by atoms with Crippen molar-refractivity contribution < 1.29 is 24.2 Å². The van der Waals surface area contributed by atoms with Crippen LogP contribution in [0.5, 0.6) is 11.5 Å². The molecule has 1 N–H and O–H groups in total. The van der Waals surface area contributed by atoms with Crippen LogP contribution in [0.4, 0.5) is 5.13 Å². The van der Waals surface area contributed by atoms with Gasteiger partial charge in [-0.05, 0) is 50.1 Å². The maximum absolute atomic E-state index is 13.4. The minimum atomic E-state index is -0.984. The summed E-state index contributed by atoms with van der Waals surface area (Å²) in [5.74, 6) is -1.12. The Hall–Kier alpha value is -4.25. The van der Waals surface area contributed by atoms with Gasteiger partial charge in [-0.15, -0.1) is 10.2 Å². The molecule has 36 heavy (non-hydrogen) atoms. The van der Waals surface area contributed by atoms with Gasteiger partial charge in [0.1, 0.15) is 16.3 Å². The second-order valence-corrected chi connectivity index (χ2v) is 9.48. The summed E-state index contributed by atoms with van der Waals surface area (Å²) in [7, 11) is 3.01. The quantitative estimate of drug-likeness (QED) is 0.247. The Labute approximate surface area is 210 Å². The number of aryl methyl sites for hydroxylation is 3. The number of aromatic nitrogens is 4. The molecule has 4 aromatic rings. The molecule has 1 atom stereocenters. The van der Waals surface area contributed by atoms with E-state index in [1.165, 1.54) is 30.5 Å². The molecule has 0 saturated carbocycles. The van der Waals surface area contributed by atoms with Crippen molar-refractivity contribution in [1.82, 2.24) is 19.6 Å². The third kappa shape index (κ3) is 3.51. The fourth-order valence-electron chi connectivity index (χ4n) is 4.43. The first kappa shape index (κ1) is 23.5. The van der Waals surface area contributed by atoms with Crippen LogP contribution < -0.4 is 14.4 Å². The molecule has 11 heteroatoms. The predicted octanol–water partition coefficient (Wildman–Crippen LogP) is 3.75. The topological polar surface area (TPSA) is 119 Å². The van der Waals surface area contributed by atoms with Crippen LogP contribution in [0.15, 0.2) is 42.1 Å². The van der Waals surface area contributed by atoms with Crippen LogP contribution in [0.1, 0.15) is 33.6 Å². The Balaban J connectivity index is 1.78. The number of aliphatic hydroxyl groups excluding tert-OH is 1. The zero-order chi connectivity index (χ0) is 25.7. The molecule has 1 amide bonds. The van der Waals surface area contributed by atoms with Gasteiger partial charge in [-0.1, -0.05) is 23.5 Å². The number of hydrogen-bond acceptors (Lipinski definition) is 9. The molecule has 0 aliphatic carbocycles.